The normalized spacial score (nSPS) is 15.2. The van der Waals surface area contributed by atoms with Crippen molar-refractivity contribution in [3.63, 3.8) is 0 Å². The fourth-order valence-corrected chi connectivity index (χ4v) is 4.42. The van der Waals surface area contributed by atoms with E-state index in [1.807, 2.05) is 30.3 Å². The molecular weight excluding hydrogens is 466 g/mol. The number of likely N-dealkylation sites (tertiary alicyclic amines) is 1. The van der Waals surface area contributed by atoms with E-state index in [9.17, 15) is 9.59 Å². The van der Waals surface area contributed by atoms with Crippen molar-refractivity contribution < 1.29 is 14.3 Å². The van der Waals surface area contributed by atoms with Crippen LogP contribution < -0.4 is 10.1 Å². The number of anilines is 1. The maximum Gasteiger partial charge on any atom is 0.246 e. The van der Waals surface area contributed by atoms with Gasteiger partial charge in [0.15, 0.2) is 5.78 Å². The number of nitrogens with zero attached hydrogens (tertiary/aromatic N) is 3. The Morgan fingerprint density at radius 2 is 1.97 bits per heavy atom. The Morgan fingerprint density at radius 3 is 2.74 bits per heavy atom. The van der Waals surface area contributed by atoms with Gasteiger partial charge >= 0.3 is 0 Å². The smallest absolute Gasteiger partial charge is 0.246 e. The van der Waals surface area contributed by atoms with Crippen LogP contribution in [-0.4, -0.2) is 50.7 Å². The van der Waals surface area contributed by atoms with Crippen molar-refractivity contribution in [2.45, 2.75) is 12.5 Å². The number of aromatic nitrogens is 3. The zero-order valence-corrected chi connectivity index (χ0v) is 19.5. The lowest BCUT2D eigenvalue weighted by Gasteiger charge is -2.16. The summed E-state index contributed by atoms with van der Waals surface area (Å²) in [6.07, 6.45) is 5.11. The molecular formula is C26H22ClN5O3. The number of ether oxygens (including phenoxy) is 1. The molecule has 2 aromatic carbocycles. The van der Waals surface area contributed by atoms with E-state index in [1.54, 1.807) is 29.3 Å². The number of hydrogen-bond donors (Lipinski definition) is 2. The zero-order valence-electron chi connectivity index (χ0n) is 18.7. The van der Waals surface area contributed by atoms with E-state index in [-0.39, 0.29) is 22.8 Å². The number of aromatic amines is 1. The maximum atomic E-state index is 13.5. The van der Waals surface area contributed by atoms with Gasteiger partial charge in [0.05, 0.1) is 16.0 Å². The largest absolute Gasteiger partial charge is 0.457 e. The van der Waals surface area contributed by atoms with E-state index in [0.29, 0.717) is 52.6 Å². The summed E-state index contributed by atoms with van der Waals surface area (Å²) in [7, 11) is 0. The van der Waals surface area contributed by atoms with Crippen LogP contribution in [0.25, 0.3) is 11.0 Å². The van der Waals surface area contributed by atoms with Crippen LogP contribution in [0.3, 0.4) is 0 Å². The molecule has 0 bridgehead atoms. The van der Waals surface area contributed by atoms with Crippen molar-refractivity contribution >= 4 is 40.1 Å². The topological polar surface area (TPSA) is 100 Å². The molecule has 1 fully saturated rings. The van der Waals surface area contributed by atoms with Crippen LogP contribution in [0.4, 0.5) is 5.82 Å². The molecule has 1 aliphatic rings. The minimum absolute atomic E-state index is 0.00661. The molecule has 1 aliphatic heterocycles. The summed E-state index contributed by atoms with van der Waals surface area (Å²) in [6, 6.07) is 14.3. The van der Waals surface area contributed by atoms with Gasteiger partial charge in [0.2, 0.25) is 5.91 Å². The minimum Gasteiger partial charge on any atom is -0.457 e. The second-order valence-corrected chi connectivity index (χ2v) is 8.56. The van der Waals surface area contributed by atoms with Gasteiger partial charge in [0, 0.05) is 37.0 Å². The number of ketones is 1. The number of para-hydroxylation sites is 1. The lowest BCUT2D eigenvalue weighted by atomic mass is 10.0. The summed E-state index contributed by atoms with van der Waals surface area (Å²) in [6.45, 7) is 4.70. The molecule has 0 saturated carbocycles. The van der Waals surface area contributed by atoms with Gasteiger partial charge in [-0.25, -0.2) is 9.97 Å². The van der Waals surface area contributed by atoms with Crippen LogP contribution in [-0.2, 0) is 4.79 Å². The van der Waals surface area contributed by atoms with E-state index in [2.05, 4.69) is 26.8 Å². The minimum atomic E-state index is -0.264. The fourth-order valence-electron chi connectivity index (χ4n) is 4.17. The molecule has 9 heteroatoms. The molecule has 1 unspecified atom stereocenters. The number of hydrogen-bond acceptors (Lipinski definition) is 6. The van der Waals surface area contributed by atoms with E-state index < -0.39 is 0 Å². The molecule has 1 atom stereocenters. The summed E-state index contributed by atoms with van der Waals surface area (Å²) in [5.41, 5.74) is 1.27. The number of H-pyrrole nitrogens is 1. The van der Waals surface area contributed by atoms with Gasteiger partial charge < -0.3 is 19.9 Å². The average Bonchev–Trinajstić information content (AvgIpc) is 3.52. The Hall–Kier alpha value is -4.17. The third kappa shape index (κ3) is 4.61. The Labute approximate surface area is 206 Å². The SMILES string of the molecule is C=CC(=O)N1CCC(Nc2ncnc3[nH]cc(C(=O)c4ccc(Oc5ccccc5)cc4Cl)c23)C1. The van der Waals surface area contributed by atoms with Crippen LogP contribution >= 0.6 is 11.6 Å². The highest BCUT2D eigenvalue weighted by molar-refractivity contribution is 6.35. The number of halogens is 1. The predicted octanol–water partition coefficient (Wildman–Crippen LogP) is 4.83. The molecule has 2 N–H and O–H groups in total. The average molecular weight is 488 g/mol. The summed E-state index contributed by atoms with van der Waals surface area (Å²) in [5, 5.41) is 4.22. The highest BCUT2D eigenvalue weighted by Gasteiger charge is 2.27. The van der Waals surface area contributed by atoms with Crippen molar-refractivity contribution in [2.24, 2.45) is 0 Å². The van der Waals surface area contributed by atoms with Crippen LogP contribution in [0.2, 0.25) is 5.02 Å². The first-order chi connectivity index (χ1) is 17.0. The third-order valence-corrected chi connectivity index (χ3v) is 6.21. The summed E-state index contributed by atoms with van der Waals surface area (Å²) in [5.74, 6) is 1.36. The highest BCUT2D eigenvalue weighted by atomic mass is 35.5. The van der Waals surface area contributed by atoms with Crippen molar-refractivity contribution in [1.29, 1.82) is 0 Å². The Kier molecular flexibility index (Phi) is 6.20. The number of fused-ring (bicyclic) bond motifs is 1. The molecule has 176 valence electrons. The summed E-state index contributed by atoms with van der Waals surface area (Å²) in [4.78, 5) is 38.8. The molecule has 2 aromatic heterocycles. The van der Waals surface area contributed by atoms with Crippen LogP contribution in [0.15, 0.2) is 73.7 Å². The van der Waals surface area contributed by atoms with Crippen LogP contribution in [0.1, 0.15) is 22.3 Å². The standard InChI is InChI=1S/C26H22ClN5O3/c1-2-22(33)32-11-10-16(14-32)31-26-23-20(13-28-25(23)29-15-30-26)24(34)19-9-8-18(12-21(19)27)35-17-6-4-3-5-7-17/h2-9,12-13,15-16H,1,10-11,14H2,(H2,28,29,30,31). The number of benzene rings is 2. The van der Waals surface area contributed by atoms with Gasteiger partial charge in [-0.15, -0.1) is 0 Å². The number of nitrogens with one attached hydrogen (secondary N) is 2. The van der Waals surface area contributed by atoms with Crippen molar-refractivity contribution in [3.8, 4) is 11.5 Å². The Balaban J connectivity index is 1.41. The second-order valence-electron chi connectivity index (χ2n) is 8.15. The summed E-state index contributed by atoms with van der Waals surface area (Å²) < 4.78 is 5.82. The van der Waals surface area contributed by atoms with Crippen molar-refractivity contribution in [3.05, 3.63) is 89.9 Å². The van der Waals surface area contributed by atoms with Gasteiger partial charge in [-0.1, -0.05) is 36.4 Å². The lowest BCUT2D eigenvalue weighted by molar-refractivity contribution is -0.125. The first kappa shape index (κ1) is 22.6. The highest BCUT2D eigenvalue weighted by Crippen LogP contribution is 2.31. The maximum absolute atomic E-state index is 13.5. The molecule has 0 spiro atoms. The van der Waals surface area contributed by atoms with Gasteiger partial charge in [-0.3, -0.25) is 9.59 Å². The molecule has 3 heterocycles. The van der Waals surface area contributed by atoms with Gasteiger partial charge in [0.1, 0.15) is 29.3 Å². The zero-order chi connectivity index (χ0) is 24.4. The van der Waals surface area contributed by atoms with E-state index in [4.69, 9.17) is 16.3 Å². The third-order valence-electron chi connectivity index (χ3n) is 5.89. The monoisotopic (exact) mass is 487 g/mol. The molecule has 0 radical (unpaired) electrons. The molecule has 1 saturated heterocycles. The lowest BCUT2D eigenvalue weighted by Crippen LogP contribution is -2.30. The summed E-state index contributed by atoms with van der Waals surface area (Å²) >= 11 is 6.49. The number of carbonyl (C=O) groups is 2. The van der Waals surface area contributed by atoms with Gasteiger partial charge in [-0.05, 0) is 36.8 Å². The van der Waals surface area contributed by atoms with Gasteiger partial charge in [-0.2, -0.15) is 0 Å². The van der Waals surface area contributed by atoms with Crippen molar-refractivity contribution in [2.75, 3.05) is 18.4 Å². The first-order valence-electron chi connectivity index (χ1n) is 11.1. The van der Waals surface area contributed by atoms with Crippen molar-refractivity contribution in [1.82, 2.24) is 19.9 Å². The molecule has 1 amide bonds. The number of rotatable bonds is 7. The number of carbonyl (C=O) groups excluding carboxylic acids is 2. The quantitative estimate of drug-likeness (QED) is 0.286. The fraction of sp³-hybridized carbons (Fsp3) is 0.154. The molecule has 8 nitrogen and oxygen atoms in total. The predicted molar refractivity (Wildman–Crippen MR) is 134 cm³/mol. The van der Waals surface area contributed by atoms with Crippen LogP contribution in [0, 0.1) is 0 Å². The van der Waals surface area contributed by atoms with E-state index >= 15 is 0 Å². The van der Waals surface area contributed by atoms with E-state index in [1.165, 1.54) is 12.4 Å². The van der Waals surface area contributed by atoms with Gasteiger partial charge in [0.25, 0.3) is 0 Å². The Bertz CT molecular complexity index is 1420. The first-order valence-corrected chi connectivity index (χ1v) is 11.5. The molecule has 0 aliphatic carbocycles. The Morgan fingerprint density at radius 1 is 1.14 bits per heavy atom. The molecule has 4 aromatic rings. The van der Waals surface area contributed by atoms with E-state index in [0.717, 1.165) is 6.42 Å². The molecule has 5 rings (SSSR count). The molecule has 35 heavy (non-hydrogen) atoms. The second kappa shape index (κ2) is 9.60. The number of amides is 1. The van der Waals surface area contributed by atoms with Crippen LogP contribution in [0.5, 0.6) is 11.5 Å².